The molecule has 1 heterocycles. The van der Waals surface area contributed by atoms with Gasteiger partial charge in [0.1, 0.15) is 0 Å². The number of rotatable bonds is 4. The summed E-state index contributed by atoms with van der Waals surface area (Å²) in [7, 11) is 1.65. The molecular formula is C15H21NO3. The summed E-state index contributed by atoms with van der Waals surface area (Å²) in [4.78, 5) is 13.7. The van der Waals surface area contributed by atoms with Crippen LogP contribution in [0.5, 0.6) is 11.5 Å². The normalized spacial score (nSPS) is 13.9. The molecule has 0 atom stereocenters. The fourth-order valence-corrected chi connectivity index (χ4v) is 2.43. The van der Waals surface area contributed by atoms with E-state index in [0.29, 0.717) is 19.6 Å². The Morgan fingerprint density at radius 2 is 2.00 bits per heavy atom. The molecule has 0 N–H and O–H groups in total. The SMILES string of the molecule is CCOc1cc2c(cc1OC)CCN(C(=O)CC)C2. The number of carbonyl (C=O) groups excluding carboxylic acids is 1. The highest BCUT2D eigenvalue weighted by atomic mass is 16.5. The number of hydrogen-bond donors (Lipinski definition) is 0. The fourth-order valence-electron chi connectivity index (χ4n) is 2.43. The minimum Gasteiger partial charge on any atom is -0.493 e. The number of hydrogen-bond acceptors (Lipinski definition) is 3. The van der Waals surface area contributed by atoms with Gasteiger partial charge in [0.2, 0.25) is 5.91 Å². The van der Waals surface area contributed by atoms with Crippen molar-refractivity contribution in [2.24, 2.45) is 0 Å². The van der Waals surface area contributed by atoms with Gasteiger partial charge in [-0.3, -0.25) is 4.79 Å². The first-order valence-corrected chi connectivity index (χ1v) is 6.79. The summed E-state index contributed by atoms with van der Waals surface area (Å²) in [6.45, 7) is 5.92. The van der Waals surface area contributed by atoms with Crippen molar-refractivity contribution in [2.75, 3.05) is 20.3 Å². The molecule has 0 spiro atoms. The maximum Gasteiger partial charge on any atom is 0.222 e. The number of nitrogens with zero attached hydrogens (tertiary/aromatic N) is 1. The van der Waals surface area contributed by atoms with Gasteiger partial charge in [0, 0.05) is 19.5 Å². The van der Waals surface area contributed by atoms with Crippen LogP contribution in [-0.4, -0.2) is 31.1 Å². The number of methoxy groups -OCH3 is 1. The van der Waals surface area contributed by atoms with E-state index in [1.165, 1.54) is 5.56 Å². The van der Waals surface area contributed by atoms with Gasteiger partial charge in [-0.25, -0.2) is 0 Å². The van der Waals surface area contributed by atoms with E-state index in [1.807, 2.05) is 30.9 Å². The summed E-state index contributed by atoms with van der Waals surface area (Å²) in [5.74, 6) is 1.74. The fraction of sp³-hybridized carbons (Fsp3) is 0.533. The third-order valence-corrected chi connectivity index (χ3v) is 3.45. The zero-order valence-electron chi connectivity index (χ0n) is 11.9. The van der Waals surface area contributed by atoms with E-state index in [0.717, 1.165) is 30.0 Å². The molecule has 0 radical (unpaired) electrons. The molecule has 1 aromatic carbocycles. The maximum absolute atomic E-state index is 11.8. The van der Waals surface area contributed by atoms with Crippen LogP contribution >= 0.6 is 0 Å². The summed E-state index contributed by atoms with van der Waals surface area (Å²) >= 11 is 0. The van der Waals surface area contributed by atoms with Gasteiger partial charge in [0.15, 0.2) is 11.5 Å². The molecule has 1 aliphatic heterocycles. The first kappa shape index (κ1) is 13.7. The van der Waals surface area contributed by atoms with Gasteiger partial charge < -0.3 is 14.4 Å². The molecule has 104 valence electrons. The molecule has 1 aliphatic rings. The Hall–Kier alpha value is -1.71. The van der Waals surface area contributed by atoms with E-state index >= 15 is 0 Å². The monoisotopic (exact) mass is 263 g/mol. The third kappa shape index (κ3) is 2.83. The molecule has 2 rings (SSSR count). The highest BCUT2D eigenvalue weighted by Crippen LogP contribution is 2.33. The number of benzene rings is 1. The summed E-state index contributed by atoms with van der Waals surface area (Å²) in [5.41, 5.74) is 2.41. The Kier molecular flexibility index (Phi) is 4.30. The van der Waals surface area contributed by atoms with E-state index in [9.17, 15) is 4.79 Å². The van der Waals surface area contributed by atoms with Crippen molar-refractivity contribution in [3.63, 3.8) is 0 Å². The van der Waals surface area contributed by atoms with Crippen LogP contribution in [0.1, 0.15) is 31.4 Å². The van der Waals surface area contributed by atoms with E-state index in [1.54, 1.807) is 7.11 Å². The third-order valence-electron chi connectivity index (χ3n) is 3.45. The second kappa shape index (κ2) is 5.95. The standard InChI is InChI=1S/C15H21NO3/c1-4-15(17)16-7-6-11-8-13(18-3)14(19-5-2)9-12(11)10-16/h8-9H,4-7,10H2,1-3H3. The number of ether oxygens (including phenoxy) is 2. The Balaban J connectivity index is 2.28. The lowest BCUT2D eigenvalue weighted by Gasteiger charge is -2.29. The first-order chi connectivity index (χ1) is 9.19. The highest BCUT2D eigenvalue weighted by Gasteiger charge is 2.21. The van der Waals surface area contributed by atoms with E-state index < -0.39 is 0 Å². The van der Waals surface area contributed by atoms with Gasteiger partial charge >= 0.3 is 0 Å². The number of fused-ring (bicyclic) bond motifs is 1. The van der Waals surface area contributed by atoms with Crippen LogP contribution in [0.15, 0.2) is 12.1 Å². The molecule has 4 heteroatoms. The summed E-state index contributed by atoms with van der Waals surface area (Å²) in [6.07, 6.45) is 1.44. The average Bonchev–Trinajstić information content (AvgIpc) is 2.45. The van der Waals surface area contributed by atoms with Gasteiger partial charge in [-0.2, -0.15) is 0 Å². The molecular weight excluding hydrogens is 242 g/mol. The number of amides is 1. The molecule has 1 aromatic rings. The molecule has 0 saturated carbocycles. The predicted molar refractivity (Wildman–Crippen MR) is 73.6 cm³/mol. The zero-order valence-corrected chi connectivity index (χ0v) is 11.9. The molecule has 0 saturated heterocycles. The highest BCUT2D eigenvalue weighted by molar-refractivity contribution is 5.76. The van der Waals surface area contributed by atoms with Gasteiger partial charge in [-0.15, -0.1) is 0 Å². The minimum absolute atomic E-state index is 0.208. The van der Waals surface area contributed by atoms with Crippen LogP contribution < -0.4 is 9.47 Å². The predicted octanol–water partition coefficient (Wildman–Crippen LogP) is 2.39. The van der Waals surface area contributed by atoms with E-state index in [4.69, 9.17) is 9.47 Å². The van der Waals surface area contributed by atoms with Crippen molar-refractivity contribution in [1.82, 2.24) is 4.90 Å². The molecule has 0 aromatic heterocycles. The Labute approximate surface area is 114 Å². The first-order valence-electron chi connectivity index (χ1n) is 6.79. The maximum atomic E-state index is 11.8. The van der Waals surface area contributed by atoms with Crippen molar-refractivity contribution < 1.29 is 14.3 Å². The van der Waals surface area contributed by atoms with Crippen LogP contribution in [0.3, 0.4) is 0 Å². The van der Waals surface area contributed by atoms with Gasteiger partial charge in [0.05, 0.1) is 13.7 Å². The molecule has 4 nitrogen and oxygen atoms in total. The number of carbonyl (C=O) groups is 1. The lowest BCUT2D eigenvalue weighted by molar-refractivity contribution is -0.131. The smallest absolute Gasteiger partial charge is 0.222 e. The lowest BCUT2D eigenvalue weighted by atomic mass is 9.98. The Bertz CT molecular complexity index is 471. The van der Waals surface area contributed by atoms with Crippen molar-refractivity contribution in [1.29, 1.82) is 0 Å². The van der Waals surface area contributed by atoms with Crippen molar-refractivity contribution in [3.05, 3.63) is 23.3 Å². The van der Waals surface area contributed by atoms with Gasteiger partial charge in [0.25, 0.3) is 0 Å². The molecule has 0 aliphatic carbocycles. The summed E-state index contributed by atoms with van der Waals surface area (Å²) in [5, 5.41) is 0. The van der Waals surface area contributed by atoms with Crippen LogP contribution in [0.4, 0.5) is 0 Å². The molecule has 0 unspecified atom stereocenters. The molecule has 19 heavy (non-hydrogen) atoms. The average molecular weight is 263 g/mol. The van der Waals surface area contributed by atoms with Gasteiger partial charge in [-0.05, 0) is 36.6 Å². The van der Waals surface area contributed by atoms with Crippen LogP contribution in [0, 0.1) is 0 Å². The summed E-state index contributed by atoms with van der Waals surface area (Å²) in [6, 6.07) is 4.04. The quantitative estimate of drug-likeness (QED) is 0.837. The topological polar surface area (TPSA) is 38.8 Å². The lowest BCUT2D eigenvalue weighted by Crippen LogP contribution is -2.35. The second-order valence-electron chi connectivity index (χ2n) is 4.62. The molecule has 0 fully saturated rings. The molecule has 1 amide bonds. The van der Waals surface area contributed by atoms with Crippen LogP contribution in [-0.2, 0) is 17.8 Å². The van der Waals surface area contributed by atoms with Crippen LogP contribution in [0.25, 0.3) is 0 Å². The second-order valence-corrected chi connectivity index (χ2v) is 4.62. The minimum atomic E-state index is 0.208. The van der Waals surface area contributed by atoms with Gasteiger partial charge in [-0.1, -0.05) is 6.92 Å². The largest absolute Gasteiger partial charge is 0.493 e. The zero-order chi connectivity index (χ0) is 13.8. The van der Waals surface area contributed by atoms with Crippen molar-refractivity contribution in [3.8, 4) is 11.5 Å². The molecule has 0 bridgehead atoms. The van der Waals surface area contributed by atoms with Crippen molar-refractivity contribution >= 4 is 5.91 Å². The van der Waals surface area contributed by atoms with Crippen LogP contribution in [0.2, 0.25) is 0 Å². The Morgan fingerprint density at radius 1 is 1.26 bits per heavy atom. The van der Waals surface area contributed by atoms with E-state index in [-0.39, 0.29) is 5.91 Å². The van der Waals surface area contributed by atoms with E-state index in [2.05, 4.69) is 0 Å². The van der Waals surface area contributed by atoms with Crippen molar-refractivity contribution in [2.45, 2.75) is 33.2 Å². The Morgan fingerprint density at radius 3 is 2.63 bits per heavy atom. The summed E-state index contributed by atoms with van der Waals surface area (Å²) < 4.78 is 10.9.